The zero-order valence-corrected chi connectivity index (χ0v) is 11.9. The molecular formula is C13H14FN3O2S. The molecule has 0 aliphatic heterocycles. The summed E-state index contributed by atoms with van der Waals surface area (Å²) in [4.78, 5) is 7.98. The number of hydrogen-bond acceptors (Lipinski definition) is 4. The third kappa shape index (κ3) is 3.74. The van der Waals surface area contributed by atoms with Gasteiger partial charge in [0.25, 0.3) is 0 Å². The maximum Gasteiger partial charge on any atom is 0.239 e. The van der Waals surface area contributed by atoms with Gasteiger partial charge in [0.2, 0.25) is 16.0 Å². The van der Waals surface area contributed by atoms with Crippen LogP contribution in [0.15, 0.2) is 30.3 Å². The van der Waals surface area contributed by atoms with Gasteiger partial charge >= 0.3 is 0 Å². The number of sulfonamides is 1. The maximum absolute atomic E-state index is 13.5. The van der Waals surface area contributed by atoms with Crippen LogP contribution in [0, 0.1) is 19.7 Å². The Bertz CT molecular complexity index is 712. The minimum Gasteiger partial charge on any atom is -0.251 e. The molecule has 2 rings (SSSR count). The molecule has 0 saturated heterocycles. The fourth-order valence-corrected chi connectivity index (χ4v) is 2.85. The second kappa shape index (κ2) is 5.54. The average Bonchev–Trinajstić information content (AvgIpc) is 2.29. The number of anilines is 1. The second-order valence-corrected chi connectivity index (χ2v) is 6.15. The van der Waals surface area contributed by atoms with E-state index < -0.39 is 21.6 Å². The first-order valence-corrected chi connectivity index (χ1v) is 7.57. The Labute approximate surface area is 116 Å². The summed E-state index contributed by atoms with van der Waals surface area (Å²) >= 11 is 0. The Morgan fingerprint density at radius 1 is 1.15 bits per heavy atom. The van der Waals surface area contributed by atoms with Crippen LogP contribution in [-0.2, 0) is 15.8 Å². The van der Waals surface area contributed by atoms with Crippen LogP contribution in [-0.4, -0.2) is 18.4 Å². The summed E-state index contributed by atoms with van der Waals surface area (Å²) in [6.45, 7) is 3.48. The highest BCUT2D eigenvalue weighted by atomic mass is 32.2. The highest BCUT2D eigenvalue weighted by Crippen LogP contribution is 2.13. The SMILES string of the molecule is Cc1cc(C)nc(NS(=O)(=O)Cc2ccccc2F)n1. The molecule has 0 spiro atoms. The molecule has 0 aliphatic carbocycles. The first-order chi connectivity index (χ1) is 9.35. The van der Waals surface area contributed by atoms with E-state index in [-0.39, 0.29) is 11.5 Å². The Balaban J connectivity index is 2.21. The molecule has 0 radical (unpaired) electrons. The van der Waals surface area contributed by atoms with E-state index in [4.69, 9.17) is 0 Å². The standard InChI is InChI=1S/C13H14FN3O2S/c1-9-7-10(2)16-13(15-9)17-20(18,19)8-11-5-3-4-6-12(11)14/h3-7H,8H2,1-2H3,(H,15,16,17). The van der Waals surface area contributed by atoms with E-state index in [1.54, 1.807) is 26.0 Å². The number of nitrogens with one attached hydrogen (secondary N) is 1. The van der Waals surface area contributed by atoms with Crippen molar-refractivity contribution in [3.63, 3.8) is 0 Å². The molecule has 20 heavy (non-hydrogen) atoms. The van der Waals surface area contributed by atoms with Crippen LogP contribution in [0.2, 0.25) is 0 Å². The molecule has 0 amide bonds. The summed E-state index contributed by atoms with van der Waals surface area (Å²) in [6.07, 6.45) is 0. The van der Waals surface area contributed by atoms with Crippen LogP contribution in [0.5, 0.6) is 0 Å². The molecule has 0 unspecified atom stereocenters. The summed E-state index contributed by atoms with van der Waals surface area (Å²) in [5.74, 6) is -1.02. The lowest BCUT2D eigenvalue weighted by atomic mass is 10.2. The summed E-state index contributed by atoms with van der Waals surface area (Å²) in [7, 11) is -3.76. The highest BCUT2D eigenvalue weighted by molar-refractivity contribution is 7.91. The van der Waals surface area contributed by atoms with Crippen molar-refractivity contribution in [3.8, 4) is 0 Å². The molecule has 0 aliphatic rings. The zero-order chi connectivity index (χ0) is 14.8. The molecule has 0 atom stereocenters. The van der Waals surface area contributed by atoms with Gasteiger partial charge in [0.15, 0.2) is 0 Å². The molecule has 5 nitrogen and oxygen atoms in total. The molecule has 1 aromatic heterocycles. The van der Waals surface area contributed by atoms with Gasteiger partial charge in [0, 0.05) is 17.0 Å². The number of aryl methyl sites for hydroxylation is 2. The lowest BCUT2D eigenvalue weighted by molar-refractivity contribution is 0.591. The van der Waals surface area contributed by atoms with Crippen LogP contribution in [0.4, 0.5) is 10.3 Å². The topological polar surface area (TPSA) is 72.0 Å². The molecule has 7 heteroatoms. The quantitative estimate of drug-likeness (QED) is 0.938. The molecule has 2 aromatic rings. The van der Waals surface area contributed by atoms with Crippen molar-refractivity contribution in [2.75, 3.05) is 4.72 Å². The Morgan fingerprint density at radius 3 is 2.35 bits per heavy atom. The van der Waals surface area contributed by atoms with E-state index in [2.05, 4.69) is 14.7 Å². The lowest BCUT2D eigenvalue weighted by Crippen LogP contribution is -2.18. The van der Waals surface area contributed by atoms with Crippen molar-refractivity contribution >= 4 is 16.0 Å². The molecular weight excluding hydrogens is 281 g/mol. The van der Waals surface area contributed by atoms with Gasteiger partial charge in [-0.3, -0.25) is 4.72 Å². The predicted octanol–water partition coefficient (Wildman–Crippen LogP) is 2.17. The van der Waals surface area contributed by atoms with Gasteiger partial charge in [-0.05, 0) is 26.0 Å². The molecule has 0 fully saturated rings. The molecule has 106 valence electrons. The van der Waals surface area contributed by atoms with Gasteiger partial charge in [-0.15, -0.1) is 0 Å². The molecule has 0 bridgehead atoms. The van der Waals surface area contributed by atoms with Crippen LogP contribution < -0.4 is 4.72 Å². The minimum atomic E-state index is -3.76. The van der Waals surface area contributed by atoms with Gasteiger partial charge in [-0.25, -0.2) is 22.8 Å². The highest BCUT2D eigenvalue weighted by Gasteiger charge is 2.16. The van der Waals surface area contributed by atoms with Crippen LogP contribution in [0.3, 0.4) is 0 Å². The van der Waals surface area contributed by atoms with E-state index >= 15 is 0 Å². The van der Waals surface area contributed by atoms with Gasteiger partial charge < -0.3 is 0 Å². The summed E-state index contributed by atoms with van der Waals surface area (Å²) in [5.41, 5.74) is 1.41. The fraction of sp³-hybridized carbons (Fsp3) is 0.231. The Kier molecular flexibility index (Phi) is 3.99. The monoisotopic (exact) mass is 295 g/mol. The maximum atomic E-state index is 13.5. The van der Waals surface area contributed by atoms with Crippen molar-refractivity contribution in [1.82, 2.24) is 9.97 Å². The van der Waals surface area contributed by atoms with Gasteiger partial charge in [0.1, 0.15) is 5.82 Å². The smallest absolute Gasteiger partial charge is 0.239 e. The zero-order valence-electron chi connectivity index (χ0n) is 11.1. The number of aromatic nitrogens is 2. The van der Waals surface area contributed by atoms with E-state index in [0.717, 1.165) is 0 Å². The van der Waals surface area contributed by atoms with Crippen molar-refractivity contribution in [2.45, 2.75) is 19.6 Å². The molecule has 1 heterocycles. The van der Waals surface area contributed by atoms with Gasteiger partial charge in [-0.1, -0.05) is 18.2 Å². The molecule has 0 saturated carbocycles. The number of nitrogens with zero attached hydrogens (tertiary/aromatic N) is 2. The fourth-order valence-electron chi connectivity index (χ4n) is 1.77. The molecule has 1 aromatic carbocycles. The summed E-state index contributed by atoms with van der Waals surface area (Å²) in [5, 5.41) is 0. The third-order valence-corrected chi connectivity index (χ3v) is 3.72. The van der Waals surface area contributed by atoms with Gasteiger partial charge in [0.05, 0.1) is 5.75 Å². The number of rotatable bonds is 4. The second-order valence-electron chi connectivity index (χ2n) is 4.43. The van der Waals surface area contributed by atoms with Gasteiger partial charge in [-0.2, -0.15) is 0 Å². The lowest BCUT2D eigenvalue weighted by Gasteiger charge is -2.08. The first kappa shape index (κ1) is 14.4. The van der Waals surface area contributed by atoms with Crippen LogP contribution in [0.1, 0.15) is 17.0 Å². The third-order valence-electron chi connectivity index (χ3n) is 2.53. The van der Waals surface area contributed by atoms with Crippen molar-refractivity contribution in [3.05, 3.63) is 53.1 Å². The number of benzene rings is 1. The molecule has 1 N–H and O–H groups in total. The predicted molar refractivity (Wildman–Crippen MR) is 74.2 cm³/mol. The Hall–Kier alpha value is -2.02. The average molecular weight is 295 g/mol. The minimum absolute atomic E-state index is 0.00107. The Morgan fingerprint density at radius 2 is 1.75 bits per heavy atom. The van der Waals surface area contributed by atoms with Crippen LogP contribution in [0.25, 0.3) is 0 Å². The number of halogens is 1. The first-order valence-electron chi connectivity index (χ1n) is 5.92. The van der Waals surface area contributed by atoms with Crippen molar-refractivity contribution in [1.29, 1.82) is 0 Å². The largest absolute Gasteiger partial charge is 0.251 e. The van der Waals surface area contributed by atoms with Crippen LogP contribution >= 0.6 is 0 Å². The van der Waals surface area contributed by atoms with E-state index in [9.17, 15) is 12.8 Å². The normalized spacial score (nSPS) is 11.3. The summed E-state index contributed by atoms with van der Waals surface area (Å²) in [6, 6.07) is 7.47. The van der Waals surface area contributed by atoms with E-state index in [1.165, 1.54) is 18.2 Å². The van der Waals surface area contributed by atoms with E-state index in [1.807, 2.05) is 0 Å². The summed E-state index contributed by atoms with van der Waals surface area (Å²) < 4.78 is 39.7. The number of hydrogen-bond donors (Lipinski definition) is 1. The van der Waals surface area contributed by atoms with E-state index in [0.29, 0.717) is 11.4 Å². The van der Waals surface area contributed by atoms with Crippen molar-refractivity contribution < 1.29 is 12.8 Å². The van der Waals surface area contributed by atoms with Crippen molar-refractivity contribution in [2.24, 2.45) is 0 Å².